The Hall–Kier alpha value is -1.54. The summed E-state index contributed by atoms with van der Waals surface area (Å²) in [5.74, 6) is -0.774. The van der Waals surface area contributed by atoms with E-state index in [1.165, 1.54) is 0 Å². The van der Waals surface area contributed by atoms with Crippen molar-refractivity contribution in [2.45, 2.75) is 38.8 Å². The molecule has 8 heteroatoms. The van der Waals surface area contributed by atoms with Crippen LogP contribution in [0.3, 0.4) is 0 Å². The molecule has 0 aromatic heterocycles. The highest BCUT2D eigenvalue weighted by Crippen LogP contribution is 2.16. The summed E-state index contributed by atoms with van der Waals surface area (Å²) in [6, 6.07) is 0. The van der Waals surface area contributed by atoms with Gasteiger partial charge in [-0.2, -0.15) is 10.2 Å². The number of amides is 2. The smallest absolute Gasteiger partial charge is 0.249 e. The van der Waals surface area contributed by atoms with Crippen LogP contribution in [0.25, 0.3) is 0 Å². The number of azo groups is 1. The van der Waals surface area contributed by atoms with Gasteiger partial charge in [-0.1, -0.05) is 0 Å². The maximum atomic E-state index is 11.8. The Morgan fingerprint density at radius 2 is 1.15 bits per heavy atom. The Balaban J connectivity index is 4.72. The molecule has 0 saturated heterocycles. The van der Waals surface area contributed by atoms with E-state index in [1.807, 2.05) is 0 Å². The molecule has 8 nitrogen and oxygen atoms in total. The number of carbonyl (C=O) groups excluding carboxylic acids is 2. The highest BCUT2D eigenvalue weighted by molar-refractivity contribution is 5.86. The Bertz CT molecular complexity index is 332. The SMILES string of the molecule is CC(C)(/N=N/C(C)(C)C(=O)NCCO)C(=O)NCCO. The zero-order valence-electron chi connectivity index (χ0n) is 12.4. The number of nitrogens with zero attached hydrogens (tertiary/aromatic N) is 2. The Morgan fingerprint density at radius 1 is 0.850 bits per heavy atom. The second-order valence-electron chi connectivity index (χ2n) is 5.28. The van der Waals surface area contributed by atoms with Gasteiger partial charge >= 0.3 is 0 Å². The van der Waals surface area contributed by atoms with Gasteiger partial charge in [0.05, 0.1) is 13.2 Å². The van der Waals surface area contributed by atoms with Crippen molar-refractivity contribution >= 4 is 11.8 Å². The molecule has 0 bridgehead atoms. The third kappa shape index (κ3) is 6.07. The lowest BCUT2D eigenvalue weighted by Gasteiger charge is -2.21. The molecule has 0 saturated carbocycles. The van der Waals surface area contributed by atoms with Gasteiger partial charge in [-0.25, -0.2) is 0 Å². The van der Waals surface area contributed by atoms with Gasteiger partial charge in [-0.3, -0.25) is 9.59 Å². The molecule has 2 amide bonds. The molecule has 20 heavy (non-hydrogen) atoms. The molecular weight excluding hydrogens is 264 g/mol. The first-order chi connectivity index (χ1) is 9.17. The fraction of sp³-hybridized carbons (Fsp3) is 0.833. The fourth-order valence-electron chi connectivity index (χ4n) is 1.11. The van der Waals surface area contributed by atoms with Crippen LogP contribution in [0.5, 0.6) is 0 Å². The van der Waals surface area contributed by atoms with Crippen LogP contribution in [-0.4, -0.2) is 59.4 Å². The van der Waals surface area contributed by atoms with Crippen LogP contribution in [-0.2, 0) is 9.59 Å². The van der Waals surface area contributed by atoms with Gasteiger partial charge in [0, 0.05) is 13.1 Å². The third-order valence-electron chi connectivity index (χ3n) is 2.46. The number of aliphatic hydroxyl groups excluding tert-OH is 2. The van der Waals surface area contributed by atoms with E-state index >= 15 is 0 Å². The minimum atomic E-state index is -1.14. The molecule has 0 aliphatic rings. The number of hydrogen-bond donors (Lipinski definition) is 4. The highest BCUT2D eigenvalue weighted by Gasteiger charge is 2.31. The fourth-order valence-corrected chi connectivity index (χ4v) is 1.11. The predicted molar refractivity (Wildman–Crippen MR) is 73.2 cm³/mol. The molecule has 0 aliphatic heterocycles. The van der Waals surface area contributed by atoms with Crippen molar-refractivity contribution in [3.05, 3.63) is 0 Å². The van der Waals surface area contributed by atoms with E-state index in [0.717, 1.165) is 0 Å². The largest absolute Gasteiger partial charge is 0.395 e. The number of rotatable bonds is 8. The molecule has 0 aromatic carbocycles. The second-order valence-corrected chi connectivity index (χ2v) is 5.28. The van der Waals surface area contributed by atoms with Crippen molar-refractivity contribution in [2.75, 3.05) is 26.3 Å². The first-order valence-electron chi connectivity index (χ1n) is 6.40. The van der Waals surface area contributed by atoms with Crippen molar-refractivity contribution in [1.82, 2.24) is 10.6 Å². The first kappa shape index (κ1) is 18.5. The second kappa shape index (κ2) is 7.91. The quantitative estimate of drug-likeness (QED) is 0.437. The molecule has 0 aliphatic carbocycles. The Kier molecular flexibility index (Phi) is 7.30. The van der Waals surface area contributed by atoms with E-state index in [9.17, 15) is 9.59 Å². The van der Waals surface area contributed by atoms with Gasteiger partial charge in [-0.15, -0.1) is 0 Å². The van der Waals surface area contributed by atoms with E-state index in [2.05, 4.69) is 20.9 Å². The lowest BCUT2D eigenvalue weighted by Crippen LogP contribution is -2.44. The molecule has 0 heterocycles. The molecular formula is C12H24N4O4. The first-order valence-corrected chi connectivity index (χ1v) is 6.40. The van der Waals surface area contributed by atoms with Gasteiger partial charge in [0.25, 0.3) is 0 Å². The van der Waals surface area contributed by atoms with Gasteiger partial charge in [0.2, 0.25) is 11.8 Å². The summed E-state index contributed by atoms with van der Waals surface area (Å²) in [5.41, 5.74) is -2.27. The standard InChI is InChI=1S/C12H24N4O4/c1-11(2,9(19)13-5-7-17)15-16-12(3,4)10(20)14-6-8-18/h17-18H,5-8H2,1-4H3,(H,13,19)(H,14,20)/b16-15+. The van der Waals surface area contributed by atoms with Gasteiger partial charge < -0.3 is 20.8 Å². The molecule has 0 atom stereocenters. The van der Waals surface area contributed by atoms with Gasteiger partial charge in [0.1, 0.15) is 0 Å². The molecule has 116 valence electrons. The van der Waals surface area contributed by atoms with Crippen LogP contribution in [0.15, 0.2) is 10.2 Å². The van der Waals surface area contributed by atoms with Gasteiger partial charge in [-0.05, 0) is 27.7 Å². The monoisotopic (exact) mass is 288 g/mol. The Morgan fingerprint density at radius 3 is 1.40 bits per heavy atom. The van der Waals surface area contributed by atoms with Crippen LogP contribution < -0.4 is 10.6 Å². The van der Waals surface area contributed by atoms with E-state index in [0.29, 0.717) is 0 Å². The van der Waals surface area contributed by atoms with Crippen molar-refractivity contribution in [2.24, 2.45) is 10.2 Å². The van der Waals surface area contributed by atoms with E-state index in [-0.39, 0.29) is 38.1 Å². The maximum absolute atomic E-state index is 11.8. The topological polar surface area (TPSA) is 123 Å². The van der Waals surface area contributed by atoms with E-state index < -0.39 is 11.1 Å². The molecule has 0 aromatic rings. The number of carbonyl (C=O) groups is 2. The van der Waals surface area contributed by atoms with Crippen molar-refractivity contribution < 1.29 is 19.8 Å². The normalized spacial score (nSPS) is 12.5. The summed E-state index contributed by atoms with van der Waals surface area (Å²) < 4.78 is 0. The van der Waals surface area contributed by atoms with Crippen LogP contribution >= 0.6 is 0 Å². The summed E-state index contributed by atoms with van der Waals surface area (Å²) in [6.07, 6.45) is 0. The lowest BCUT2D eigenvalue weighted by molar-refractivity contribution is -0.127. The number of hydrogen-bond acceptors (Lipinski definition) is 6. The average molecular weight is 288 g/mol. The summed E-state index contributed by atoms with van der Waals surface area (Å²) in [7, 11) is 0. The van der Waals surface area contributed by atoms with Gasteiger partial charge in [0.15, 0.2) is 11.1 Å². The van der Waals surface area contributed by atoms with Crippen LogP contribution in [0.2, 0.25) is 0 Å². The maximum Gasteiger partial charge on any atom is 0.249 e. The summed E-state index contributed by atoms with van der Waals surface area (Å²) in [4.78, 5) is 23.5. The molecule has 0 spiro atoms. The molecule has 0 unspecified atom stereocenters. The minimum absolute atomic E-state index is 0.137. The molecule has 0 rings (SSSR count). The minimum Gasteiger partial charge on any atom is -0.395 e. The summed E-state index contributed by atoms with van der Waals surface area (Å²) in [5, 5.41) is 30.1. The highest BCUT2D eigenvalue weighted by atomic mass is 16.3. The molecule has 0 radical (unpaired) electrons. The summed E-state index contributed by atoms with van der Waals surface area (Å²) >= 11 is 0. The summed E-state index contributed by atoms with van der Waals surface area (Å²) in [6.45, 7) is 6.20. The van der Waals surface area contributed by atoms with Crippen LogP contribution in [0.4, 0.5) is 0 Å². The number of aliphatic hydroxyl groups is 2. The van der Waals surface area contributed by atoms with Crippen LogP contribution in [0.1, 0.15) is 27.7 Å². The van der Waals surface area contributed by atoms with Crippen molar-refractivity contribution in [1.29, 1.82) is 0 Å². The van der Waals surface area contributed by atoms with Crippen LogP contribution in [0, 0.1) is 0 Å². The molecule has 4 N–H and O–H groups in total. The molecule has 0 fully saturated rings. The van der Waals surface area contributed by atoms with E-state index in [4.69, 9.17) is 10.2 Å². The lowest BCUT2D eigenvalue weighted by atomic mass is 10.0. The number of nitrogens with one attached hydrogen (secondary N) is 2. The van der Waals surface area contributed by atoms with E-state index in [1.54, 1.807) is 27.7 Å². The zero-order chi connectivity index (χ0) is 15.8. The predicted octanol–water partition coefficient (Wildman–Crippen LogP) is -0.787. The van der Waals surface area contributed by atoms with Crippen molar-refractivity contribution in [3.8, 4) is 0 Å². The Labute approximate surface area is 118 Å². The third-order valence-corrected chi connectivity index (χ3v) is 2.46. The average Bonchev–Trinajstić information content (AvgIpc) is 2.39. The van der Waals surface area contributed by atoms with Crippen molar-refractivity contribution in [3.63, 3.8) is 0 Å². The zero-order valence-corrected chi connectivity index (χ0v) is 12.4.